The van der Waals surface area contributed by atoms with Gasteiger partial charge in [-0.1, -0.05) is 30.3 Å². The molecule has 2 unspecified atom stereocenters. The Bertz CT molecular complexity index is 584. The summed E-state index contributed by atoms with van der Waals surface area (Å²) in [5.41, 5.74) is -0.0851. The lowest BCUT2D eigenvalue weighted by atomic mass is 9.84. The van der Waals surface area contributed by atoms with Gasteiger partial charge in [0.2, 0.25) is 0 Å². The van der Waals surface area contributed by atoms with E-state index in [1.807, 2.05) is 39.0 Å². The first kappa shape index (κ1) is 17.2. The highest BCUT2D eigenvalue weighted by atomic mass is 16.6. The Labute approximate surface area is 144 Å². The number of carbonyl (C=O) groups excluding carboxylic acids is 1. The number of rotatable bonds is 3. The Hall–Kier alpha value is -1.59. The van der Waals surface area contributed by atoms with E-state index in [1.54, 1.807) is 4.90 Å². The number of hydrogen-bond donors (Lipinski definition) is 1. The van der Waals surface area contributed by atoms with Crippen molar-refractivity contribution in [1.82, 2.24) is 9.80 Å². The molecule has 1 N–H and O–H groups in total. The average molecular weight is 332 g/mol. The van der Waals surface area contributed by atoms with Crippen molar-refractivity contribution in [3.05, 3.63) is 35.9 Å². The highest BCUT2D eigenvalue weighted by molar-refractivity contribution is 5.70. The van der Waals surface area contributed by atoms with E-state index >= 15 is 0 Å². The van der Waals surface area contributed by atoms with Crippen LogP contribution in [-0.4, -0.2) is 57.9 Å². The Kier molecular flexibility index (Phi) is 4.58. The molecular formula is C19H28N2O3. The standard InChI is InChI=1S/C19H28N2O3/c1-18(2,3)24-17(22)21-11-9-16(21)19(23)10-12-20(14-19)13-15-7-5-4-6-8-15/h4-8,16,23H,9-14H2,1-3H3. The van der Waals surface area contributed by atoms with Crippen molar-refractivity contribution in [3.63, 3.8) is 0 Å². The minimum Gasteiger partial charge on any atom is -0.444 e. The van der Waals surface area contributed by atoms with Gasteiger partial charge < -0.3 is 14.7 Å². The van der Waals surface area contributed by atoms with Crippen LogP contribution in [0.5, 0.6) is 0 Å². The number of amides is 1. The monoisotopic (exact) mass is 332 g/mol. The van der Waals surface area contributed by atoms with E-state index in [0.29, 0.717) is 19.5 Å². The van der Waals surface area contributed by atoms with E-state index in [4.69, 9.17) is 4.74 Å². The predicted octanol–water partition coefficient (Wildman–Crippen LogP) is 2.63. The Morgan fingerprint density at radius 2 is 2.00 bits per heavy atom. The van der Waals surface area contributed by atoms with Gasteiger partial charge in [0, 0.05) is 26.2 Å². The summed E-state index contributed by atoms with van der Waals surface area (Å²) in [4.78, 5) is 16.3. The number of carbonyl (C=O) groups is 1. The van der Waals surface area contributed by atoms with E-state index in [0.717, 1.165) is 19.5 Å². The van der Waals surface area contributed by atoms with Gasteiger partial charge in [0.15, 0.2) is 0 Å². The zero-order valence-electron chi connectivity index (χ0n) is 14.9. The third-order valence-electron chi connectivity index (χ3n) is 4.88. The molecule has 2 fully saturated rings. The van der Waals surface area contributed by atoms with Crippen molar-refractivity contribution < 1.29 is 14.6 Å². The first-order valence-corrected chi connectivity index (χ1v) is 8.75. The molecule has 0 radical (unpaired) electrons. The van der Waals surface area contributed by atoms with Crippen LogP contribution in [0.3, 0.4) is 0 Å². The summed E-state index contributed by atoms with van der Waals surface area (Å²) in [5, 5.41) is 11.1. The second-order valence-corrected chi connectivity index (χ2v) is 8.03. The number of β-amino-alcohol motifs (C(OH)–C–C–N with tert-alkyl or cyclic N) is 1. The molecule has 2 saturated heterocycles. The molecule has 0 spiro atoms. The molecule has 2 heterocycles. The van der Waals surface area contributed by atoms with Gasteiger partial charge in [-0.15, -0.1) is 0 Å². The zero-order chi connectivity index (χ0) is 17.4. The van der Waals surface area contributed by atoms with E-state index < -0.39 is 11.2 Å². The van der Waals surface area contributed by atoms with Crippen LogP contribution in [0.2, 0.25) is 0 Å². The minimum absolute atomic E-state index is 0.131. The molecule has 2 aliphatic heterocycles. The number of likely N-dealkylation sites (tertiary alicyclic amines) is 2. The predicted molar refractivity (Wildman–Crippen MR) is 92.6 cm³/mol. The maximum absolute atomic E-state index is 12.3. The topological polar surface area (TPSA) is 53.0 Å². The highest BCUT2D eigenvalue weighted by Crippen LogP contribution is 2.36. The summed E-state index contributed by atoms with van der Waals surface area (Å²) in [6.07, 6.45) is 1.23. The molecule has 132 valence electrons. The molecule has 2 atom stereocenters. The van der Waals surface area contributed by atoms with Crippen LogP contribution >= 0.6 is 0 Å². The molecular weight excluding hydrogens is 304 g/mol. The number of aliphatic hydroxyl groups is 1. The lowest BCUT2D eigenvalue weighted by Crippen LogP contribution is -2.64. The first-order valence-electron chi connectivity index (χ1n) is 8.75. The SMILES string of the molecule is CC(C)(C)OC(=O)N1CCC1C1(O)CCN(Cc2ccccc2)C1. The van der Waals surface area contributed by atoms with Crippen LogP contribution in [0.1, 0.15) is 39.2 Å². The van der Waals surface area contributed by atoms with Crippen LogP contribution in [0, 0.1) is 0 Å². The first-order chi connectivity index (χ1) is 11.3. The van der Waals surface area contributed by atoms with Crippen molar-refractivity contribution in [2.45, 2.75) is 57.4 Å². The Balaban J connectivity index is 1.59. The second kappa shape index (κ2) is 6.37. The summed E-state index contributed by atoms with van der Waals surface area (Å²) in [6.45, 7) is 8.56. The highest BCUT2D eigenvalue weighted by Gasteiger charge is 2.51. The van der Waals surface area contributed by atoms with E-state index in [9.17, 15) is 9.90 Å². The summed E-state index contributed by atoms with van der Waals surface area (Å²) in [7, 11) is 0. The van der Waals surface area contributed by atoms with Crippen LogP contribution in [0.25, 0.3) is 0 Å². The molecule has 5 heteroatoms. The van der Waals surface area contributed by atoms with Gasteiger partial charge in [0.1, 0.15) is 5.60 Å². The zero-order valence-corrected chi connectivity index (χ0v) is 14.9. The van der Waals surface area contributed by atoms with Crippen molar-refractivity contribution >= 4 is 6.09 Å². The van der Waals surface area contributed by atoms with Gasteiger partial charge in [-0.25, -0.2) is 4.79 Å². The second-order valence-electron chi connectivity index (χ2n) is 8.03. The van der Waals surface area contributed by atoms with Crippen LogP contribution < -0.4 is 0 Å². The third-order valence-corrected chi connectivity index (χ3v) is 4.88. The summed E-state index contributed by atoms with van der Waals surface area (Å²) < 4.78 is 5.46. The summed E-state index contributed by atoms with van der Waals surface area (Å²) in [6, 6.07) is 10.2. The molecule has 3 rings (SSSR count). The molecule has 1 aromatic rings. The van der Waals surface area contributed by atoms with Gasteiger partial charge in [-0.05, 0) is 39.2 Å². The number of hydrogen-bond acceptors (Lipinski definition) is 4. The molecule has 24 heavy (non-hydrogen) atoms. The number of benzene rings is 1. The summed E-state index contributed by atoms with van der Waals surface area (Å²) in [5.74, 6) is 0. The van der Waals surface area contributed by atoms with Gasteiger partial charge in [0.05, 0.1) is 11.6 Å². The third kappa shape index (κ3) is 3.73. The largest absolute Gasteiger partial charge is 0.444 e. The molecule has 0 aliphatic carbocycles. The Morgan fingerprint density at radius 1 is 1.29 bits per heavy atom. The van der Waals surface area contributed by atoms with Crippen molar-refractivity contribution in [2.75, 3.05) is 19.6 Å². The average Bonchev–Trinajstić information content (AvgIpc) is 2.77. The van der Waals surface area contributed by atoms with Crippen LogP contribution in [0.15, 0.2) is 30.3 Å². The van der Waals surface area contributed by atoms with E-state index in [-0.39, 0.29) is 12.1 Å². The lowest BCUT2D eigenvalue weighted by molar-refractivity contribution is -0.0882. The number of nitrogens with zero attached hydrogens (tertiary/aromatic N) is 2. The lowest BCUT2D eigenvalue weighted by Gasteiger charge is -2.48. The molecule has 0 bridgehead atoms. The van der Waals surface area contributed by atoms with Gasteiger partial charge in [-0.2, -0.15) is 0 Å². The molecule has 5 nitrogen and oxygen atoms in total. The fraction of sp³-hybridized carbons (Fsp3) is 0.632. The van der Waals surface area contributed by atoms with Gasteiger partial charge in [-0.3, -0.25) is 4.90 Å². The van der Waals surface area contributed by atoms with Gasteiger partial charge in [0.25, 0.3) is 0 Å². The fourth-order valence-electron chi connectivity index (χ4n) is 3.63. The van der Waals surface area contributed by atoms with E-state index in [2.05, 4.69) is 17.0 Å². The van der Waals surface area contributed by atoms with Gasteiger partial charge >= 0.3 is 6.09 Å². The smallest absolute Gasteiger partial charge is 0.410 e. The minimum atomic E-state index is -0.829. The Morgan fingerprint density at radius 3 is 2.58 bits per heavy atom. The normalized spacial score (nSPS) is 27.8. The summed E-state index contributed by atoms with van der Waals surface area (Å²) >= 11 is 0. The van der Waals surface area contributed by atoms with Crippen LogP contribution in [0.4, 0.5) is 4.79 Å². The molecule has 0 saturated carbocycles. The van der Waals surface area contributed by atoms with E-state index in [1.165, 1.54) is 5.56 Å². The van der Waals surface area contributed by atoms with Crippen molar-refractivity contribution in [3.8, 4) is 0 Å². The molecule has 0 aromatic heterocycles. The van der Waals surface area contributed by atoms with Crippen molar-refractivity contribution in [1.29, 1.82) is 0 Å². The number of ether oxygens (including phenoxy) is 1. The van der Waals surface area contributed by atoms with Crippen LogP contribution in [-0.2, 0) is 11.3 Å². The molecule has 1 amide bonds. The quantitative estimate of drug-likeness (QED) is 0.924. The van der Waals surface area contributed by atoms with Crippen molar-refractivity contribution in [2.24, 2.45) is 0 Å². The molecule has 1 aromatic carbocycles. The molecule has 2 aliphatic rings. The maximum Gasteiger partial charge on any atom is 0.410 e. The fourth-order valence-corrected chi connectivity index (χ4v) is 3.63. The maximum atomic E-state index is 12.3.